The average molecular weight is 231 g/mol. The van der Waals surface area contributed by atoms with Crippen LogP contribution in [0.5, 0.6) is 0 Å². The van der Waals surface area contributed by atoms with E-state index >= 15 is 0 Å². The van der Waals surface area contributed by atoms with Crippen LogP contribution in [-0.2, 0) is 0 Å². The molecule has 0 aliphatic carbocycles. The zero-order valence-electron chi connectivity index (χ0n) is 11.4. The summed E-state index contributed by atoms with van der Waals surface area (Å²) in [6.07, 6.45) is 2.73. The molecule has 0 bridgehead atoms. The van der Waals surface area contributed by atoms with Crippen molar-refractivity contribution in [3.8, 4) is 0 Å². The highest BCUT2D eigenvalue weighted by Crippen LogP contribution is 2.26. The maximum atomic E-state index is 2.66. The van der Waals surface area contributed by atoms with Crippen LogP contribution in [-0.4, -0.2) is 24.0 Å². The third-order valence-corrected chi connectivity index (χ3v) is 4.44. The van der Waals surface area contributed by atoms with Crippen LogP contribution >= 0.6 is 0 Å². The van der Waals surface area contributed by atoms with Gasteiger partial charge in [-0.3, -0.25) is 0 Å². The lowest BCUT2D eigenvalue weighted by Gasteiger charge is -2.38. The average Bonchev–Trinajstić information content (AvgIpc) is 2.39. The van der Waals surface area contributed by atoms with Crippen LogP contribution in [0.2, 0.25) is 0 Å². The maximum Gasteiger partial charge on any atom is 0.0133 e. The molecule has 94 valence electrons. The molecule has 0 amide bonds. The van der Waals surface area contributed by atoms with Gasteiger partial charge in [-0.1, -0.05) is 44.2 Å². The second kappa shape index (κ2) is 5.68. The Labute approximate surface area is 106 Å². The maximum absolute atomic E-state index is 2.66. The number of rotatable bonds is 3. The van der Waals surface area contributed by atoms with E-state index in [0.29, 0.717) is 12.0 Å². The molecule has 2 unspecified atom stereocenters. The summed E-state index contributed by atoms with van der Waals surface area (Å²) in [5.41, 5.74) is 1.47. The largest absolute Gasteiger partial charge is 0.300 e. The van der Waals surface area contributed by atoms with Crippen molar-refractivity contribution in [2.45, 2.75) is 45.6 Å². The fourth-order valence-corrected chi connectivity index (χ4v) is 2.79. The summed E-state index contributed by atoms with van der Waals surface area (Å²) >= 11 is 0. The quantitative estimate of drug-likeness (QED) is 0.762. The summed E-state index contributed by atoms with van der Waals surface area (Å²) in [5, 5.41) is 0. The van der Waals surface area contributed by atoms with Crippen LogP contribution in [0.4, 0.5) is 0 Å². The van der Waals surface area contributed by atoms with Crippen molar-refractivity contribution in [1.82, 2.24) is 4.90 Å². The number of hydrogen-bond acceptors (Lipinski definition) is 1. The second-order valence-corrected chi connectivity index (χ2v) is 5.66. The summed E-state index contributed by atoms with van der Waals surface area (Å²) < 4.78 is 0. The third kappa shape index (κ3) is 3.10. The second-order valence-electron chi connectivity index (χ2n) is 5.66. The SMILES string of the molecule is CC1CCN(C(C)C(C)c2ccccc2)CC1. The van der Waals surface area contributed by atoms with Gasteiger partial charge in [0.25, 0.3) is 0 Å². The first-order valence-electron chi connectivity index (χ1n) is 6.97. The Kier molecular flexibility index (Phi) is 4.22. The minimum atomic E-state index is 0.629. The first-order valence-corrected chi connectivity index (χ1v) is 6.97. The summed E-state index contributed by atoms with van der Waals surface area (Å²) in [5.74, 6) is 1.55. The van der Waals surface area contributed by atoms with Crippen molar-refractivity contribution in [3.63, 3.8) is 0 Å². The molecule has 1 saturated heterocycles. The van der Waals surface area contributed by atoms with E-state index in [9.17, 15) is 0 Å². The van der Waals surface area contributed by atoms with Gasteiger partial charge in [0.1, 0.15) is 0 Å². The van der Waals surface area contributed by atoms with Crippen LogP contribution in [0.15, 0.2) is 30.3 Å². The Balaban J connectivity index is 1.98. The Hall–Kier alpha value is -0.820. The van der Waals surface area contributed by atoms with E-state index in [1.165, 1.54) is 31.5 Å². The van der Waals surface area contributed by atoms with Gasteiger partial charge in [-0.25, -0.2) is 0 Å². The van der Waals surface area contributed by atoms with E-state index < -0.39 is 0 Å². The molecule has 17 heavy (non-hydrogen) atoms. The highest BCUT2D eigenvalue weighted by molar-refractivity contribution is 5.20. The molecule has 0 saturated carbocycles. The highest BCUT2D eigenvalue weighted by atomic mass is 15.2. The zero-order chi connectivity index (χ0) is 12.3. The summed E-state index contributed by atoms with van der Waals surface area (Å²) in [6, 6.07) is 11.6. The van der Waals surface area contributed by atoms with Gasteiger partial charge < -0.3 is 4.90 Å². The minimum absolute atomic E-state index is 0.629. The van der Waals surface area contributed by atoms with Crippen molar-refractivity contribution < 1.29 is 0 Å². The zero-order valence-corrected chi connectivity index (χ0v) is 11.4. The molecule has 1 aromatic rings. The first-order chi connectivity index (χ1) is 8.18. The number of piperidine rings is 1. The number of likely N-dealkylation sites (tertiary alicyclic amines) is 1. The molecule has 0 radical (unpaired) electrons. The highest BCUT2D eigenvalue weighted by Gasteiger charge is 2.24. The lowest BCUT2D eigenvalue weighted by atomic mass is 9.90. The van der Waals surface area contributed by atoms with Gasteiger partial charge in [0.05, 0.1) is 0 Å². The molecule has 2 atom stereocenters. The van der Waals surface area contributed by atoms with Crippen molar-refractivity contribution in [2.75, 3.05) is 13.1 Å². The van der Waals surface area contributed by atoms with E-state index in [4.69, 9.17) is 0 Å². The third-order valence-electron chi connectivity index (χ3n) is 4.44. The van der Waals surface area contributed by atoms with Crippen molar-refractivity contribution in [1.29, 1.82) is 0 Å². The van der Waals surface area contributed by atoms with Crippen LogP contribution in [0.1, 0.15) is 45.1 Å². The van der Waals surface area contributed by atoms with Gasteiger partial charge in [-0.15, -0.1) is 0 Å². The molecule has 1 nitrogen and oxygen atoms in total. The molecular formula is C16H25N. The van der Waals surface area contributed by atoms with Crippen LogP contribution in [0.3, 0.4) is 0 Å². The van der Waals surface area contributed by atoms with Crippen LogP contribution in [0.25, 0.3) is 0 Å². The molecule has 1 fully saturated rings. The van der Waals surface area contributed by atoms with Gasteiger partial charge in [0.2, 0.25) is 0 Å². The molecule has 1 aromatic carbocycles. The van der Waals surface area contributed by atoms with Crippen molar-refractivity contribution in [3.05, 3.63) is 35.9 Å². The number of hydrogen-bond donors (Lipinski definition) is 0. The topological polar surface area (TPSA) is 3.24 Å². The molecule has 1 aliphatic heterocycles. The van der Waals surface area contributed by atoms with Gasteiger partial charge in [-0.2, -0.15) is 0 Å². The van der Waals surface area contributed by atoms with Crippen LogP contribution < -0.4 is 0 Å². The number of nitrogens with zero attached hydrogens (tertiary/aromatic N) is 1. The van der Waals surface area contributed by atoms with E-state index in [1.807, 2.05) is 0 Å². The molecule has 0 spiro atoms. The van der Waals surface area contributed by atoms with Crippen molar-refractivity contribution >= 4 is 0 Å². The first kappa shape index (κ1) is 12.6. The smallest absolute Gasteiger partial charge is 0.0133 e. The van der Waals surface area contributed by atoms with Gasteiger partial charge in [-0.05, 0) is 50.3 Å². The molecule has 2 rings (SSSR count). The Morgan fingerprint density at radius 2 is 1.65 bits per heavy atom. The van der Waals surface area contributed by atoms with Gasteiger partial charge in [0, 0.05) is 6.04 Å². The molecule has 0 aromatic heterocycles. The van der Waals surface area contributed by atoms with Gasteiger partial charge >= 0.3 is 0 Å². The van der Waals surface area contributed by atoms with E-state index in [2.05, 4.69) is 56.0 Å². The summed E-state index contributed by atoms with van der Waals surface area (Å²) in [4.78, 5) is 2.66. The normalized spacial score (nSPS) is 22.3. The Morgan fingerprint density at radius 3 is 2.24 bits per heavy atom. The van der Waals surface area contributed by atoms with Crippen LogP contribution in [0, 0.1) is 5.92 Å². The molecular weight excluding hydrogens is 206 g/mol. The molecule has 1 aliphatic rings. The van der Waals surface area contributed by atoms with E-state index in [1.54, 1.807) is 0 Å². The molecule has 1 heterocycles. The Morgan fingerprint density at radius 1 is 1.06 bits per heavy atom. The predicted molar refractivity (Wildman–Crippen MR) is 74.3 cm³/mol. The minimum Gasteiger partial charge on any atom is -0.300 e. The molecule has 0 N–H and O–H groups in total. The van der Waals surface area contributed by atoms with E-state index in [0.717, 1.165) is 5.92 Å². The fraction of sp³-hybridized carbons (Fsp3) is 0.625. The summed E-state index contributed by atoms with van der Waals surface area (Å²) in [7, 11) is 0. The lowest BCUT2D eigenvalue weighted by molar-refractivity contribution is 0.133. The van der Waals surface area contributed by atoms with E-state index in [-0.39, 0.29) is 0 Å². The fourth-order valence-electron chi connectivity index (χ4n) is 2.79. The standard InChI is InChI=1S/C16H25N/c1-13-9-11-17(12-10-13)15(3)14(2)16-7-5-4-6-8-16/h4-8,13-15H,9-12H2,1-3H3. The Bertz CT molecular complexity index is 325. The van der Waals surface area contributed by atoms with Gasteiger partial charge in [0.15, 0.2) is 0 Å². The number of benzene rings is 1. The predicted octanol–water partition coefficient (Wildman–Crippen LogP) is 3.91. The van der Waals surface area contributed by atoms with Crippen molar-refractivity contribution in [2.24, 2.45) is 5.92 Å². The summed E-state index contributed by atoms with van der Waals surface area (Å²) in [6.45, 7) is 9.67. The lowest BCUT2D eigenvalue weighted by Crippen LogP contribution is -2.41. The monoisotopic (exact) mass is 231 g/mol. The molecule has 1 heteroatoms.